The van der Waals surface area contributed by atoms with Crippen molar-refractivity contribution in [2.24, 2.45) is 0 Å². The number of amides is 1. The standard InChI is InChI=1S/C21H16Cl2FN5O2/c22-16-2-1-3-18(20(16)23)31-13-29-10-8-17(26-29)21(30)25-19-9-11-28(27-19)12-14-4-6-15(24)7-5-14/h1-11H,12-13H2,(H,25,27,30). The Labute approximate surface area is 187 Å². The maximum Gasteiger partial charge on any atom is 0.277 e. The fourth-order valence-corrected chi connectivity index (χ4v) is 3.11. The van der Waals surface area contributed by atoms with Gasteiger partial charge in [-0.05, 0) is 35.9 Å². The van der Waals surface area contributed by atoms with Crippen LogP contribution in [0.4, 0.5) is 10.2 Å². The number of halogens is 3. The minimum atomic E-state index is -0.411. The summed E-state index contributed by atoms with van der Waals surface area (Å²) in [6.45, 7) is 0.508. The van der Waals surface area contributed by atoms with E-state index in [0.29, 0.717) is 28.2 Å². The van der Waals surface area contributed by atoms with Crippen molar-refractivity contribution < 1.29 is 13.9 Å². The number of aromatic nitrogens is 4. The Bertz CT molecular complexity index is 1210. The Morgan fingerprint density at radius 3 is 2.58 bits per heavy atom. The summed E-state index contributed by atoms with van der Waals surface area (Å²) in [6, 6.07) is 14.4. The smallest absolute Gasteiger partial charge is 0.277 e. The van der Waals surface area contributed by atoms with E-state index in [4.69, 9.17) is 27.9 Å². The van der Waals surface area contributed by atoms with Gasteiger partial charge in [-0.25, -0.2) is 9.07 Å². The van der Waals surface area contributed by atoms with Gasteiger partial charge in [0.2, 0.25) is 0 Å². The highest BCUT2D eigenvalue weighted by Gasteiger charge is 2.12. The molecule has 158 valence electrons. The summed E-state index contributed by atoms with van der Waals surface area (Å²) in [5.74, 6) is 0.0928. The fraction of sp³-hybridized carbons (Fsp3) is 0.0952. The van der Waals surface area contributed by atoms with Gasteiger partial charge in [0.15, 0.2) is 18.2 Å². The largest absolute Gasteiger partial charge is 0.470 e. The van der Waals surface area contributed by atoms with E-state index < -0.39 is 5.91 Å². The summed E-state index contributed by atoms with van der Waals surface area (Å²) in [5.41, 5.74) is 1.09. The van der Waals surface area contributed by atoms with E-state index in [-0.39, 0.29) is 18.2 Å². The molecule has 1 N–H and O–H groups in total. The Hall–Kier alpha value is -3.36. The summed E-state index contributed by atoms with van der Waals surface area (Å²) < 4.78 is 21.7. The first-order valence-electron chi connectivity index (χ1n) is 9.17. The second-order valence-corrected chi connectivity index (χ2v) is 7.33. The lowest BCUT2D eigenvalue weighted by atomic mass is 10.2. The molecule has 0 unspecified atom stereocenters. The quantitative estimate of drug-likeness (QED) is 0.428. The second-order valence-electron chi connectivity index (χ2n) is 6.54. The van der Waals surface area contributed by atoms with Gasteiger partial charge >= 0.3 is 0 Å². The maximum atomic E-state index is 13.0. The molecule has 4 aromatic rings. The minimum Gasteiger partial charge on any atom is -0.470 e. The molecule has 2 aromatic carbocycles. The summed E-state index contributed by atoms with van der Waals surface area (Å²) in [7, 11) is 0. The molecule has 0 atom stereocenters. The molecule has 0 saturated carbocycles. The maximum absolute atomic E-state index is 13.0. The van der Waals surface area contributed by atoms with Gasteiger partial charge in [0.05, 0.1) is 11.6 Å². The number of rotatable bonds is 7. The number of ether oxygens (including phenoxy) is 1. The zero-order chi connectivity index (χ0) is 21.8. The van der Waals surface area contributed by atoms with Crippen LogP contribution in [0.25, 0.3) is 0 Å². The van der Waals surface area contributed by atoms with Crippen LogP contribution in [0.15, 0.2) is 67.0 Å². The van der Waals surface area contributed by atoms with Crippen LogP contribution in [0, 0.1) is 5.82 Å². The first-order chi connectivity index (χ1) is 15.0. The molecule has 1 amide bonds. The number of nitrogens with zero attached hydrogens (tertiary/aromatic N) is 4. The first kappa shape index (κ1) is 20.9. The van der Waals surface area contributed by atoms with Gasteiger partial charge in [0.25, 0.3) is 5.91 Å². The summed E-state index contributed by atoms with van der Waals surface area (Å²) in [5, 5.41) is 11.9. The van der Waals surface area contributed by atoms with Crippen molar-refractivity contribution in [3.05, 3.63) is 94.1 Å². The zero-order valence-electron chi connectivity index (χ0n) is 16.0. The fourth-order valence-electron chi connectivity index (χ4n) is 2.76. The molecule has 31 heavy (non-hydrogen) atoms. The van der Waals surface area contributed by atoms with Crippen molar-refractivity contribution in [2.45, 2.75) is 13.3 Å². The molecule has 0 aliphatic rings. The lowest BCUT2D eigenvalue weighted by molar-refractivity contribution is 0.101. The number of hydrogen-bond acceptors (Lipinski definition) is 4. The molecule has 0 aliphatic carbocycles. The van der Waals surface area contributed by atoms with Crippen LogP contribution in [0.1, 0.15) is 16.1 Å². The summed E-state index contributed by atoms with van der Waals surface area (Å²) in [4.78, 5) is 12.4. The van der Waals surface area contributed by atoms with Crippen molar-refractivity contribution in [3.63, 3.8) is 0 Å². The van der Waals surface area contributed by atoms with Gasteiger partial charge in [0.1, 0.15) is 16.6 Å². The third-order valence-corrected chi connectivity index (χ3v) is 5.08. The van der Waals surface area contributed by atoms with Gasteiger partial charge in [0, 0.05) is 18.5 Å². The van der Waals surface area contributed by atoms with E-state index in [1.807, 2.05) is 0 Å². The van der Waals surface area contributed by atoms with E-state index in [0.717, 1.165) is 5.56 Å². The molecule has 0 spiro atoms. The number of nitrogens with one attached hydrogen (secondary N) is 1. The molecule has 10 heteroatoms. The lowest BCUT2D eigenvalue weighted by Crippen LogP contribution is -2.15. The normalized spacial score (nSPS) is 10.8. The number of benzene rings is 2. The van der Waals surface area contributed by atoms with E-state index in [9.17, 15) is 9.18 Å². The third kappa shape index (κ3) is 5.22. The Balaban J connectivity index is 1.34. The number of carbonyl (C=O) groups excluding carboxylic acids is 1. The SMILES string of the molecule is O=C(Nc1ccn(Cc2ccc(F)cc2)n1)c1ccn(COc2cccc(Cl)c2Cl)n1. The summed E-state index contributed by atoms with van der Waals surface area (Å²) >= 11 is 12.1. The van der Waals surface area contributed by atoms with E-state index >= 15 is 0 Å². The van der Waals surface area contributed by atoms with E-state index in [1.165, 1.54) is 16.8 Å². The monoisotopic (exact) mass is 459 g/mol. The average Bonchev–Trinajstić information content (AvgIpc) is 3.40. The highest BCUT2D eigenvalue weighted by molar-refractivity contribution is 6.42. The van der Waals surface area contributed by atoms with Crippen LogP contribution in [0.5, 0.6) is 5.75 Å². The predicted molar refractivity (Wildman–Crippen MR) is 115 cm³/mol. The highest BCUT2D eigenvalue weighted by atomic mass is 35.5. The molecule has 0 bridgehead atoms. The summed E-state index contributed by atoms with van der Waals surface area (Å²) in [6.07, 6.45) is 3.33. The van der Waals surface area contributed by atoms with Gasteiger partial charge in [-0.15, -0.1) is 0 Å². The number of hydrogen-bond donors (Lipinski definition) is 1. The zero-order valence-corrected chi connectivity index (χ0v) is 17.5. The van der Waals surface area contributed by atoms with Crippen LogP contribution in [0.2, 0.25) is 10.0 Å². The van der Waals surface area contributed by atoms with Crippen LogP contribution in [-0.2, 0) is 13.3 Å². The molecule has 0 aliphatic heterocycles. The second kappa shape index (κ2) is 9.20. The van der Waals surface area contributed by atoms with Gasteiger partial charge < -0.3 is 10.1 Å². The Kier molecular flexibility index (Phi) is 6.20. The lowest BCUT2D eigenvalue weighted by Gasteiger charge is -2.08. The van der Waals surface area contributed by atoms with Crippen molar-refractivity contribution in [1.82, 2.24) is 19.6 Å². The number of carbonyl (C=O) groups is 1. The topological polar surface area (TPSA) is 74.0 Å². The molecule has 0 fully saturated rings. The molecule has 0 radical (unpaired) electrons. The van der Waals surface area contributed by atoms with Crippen LogP contribution in [0.3, 0.4) is 0 Å². The molecule has 2 aromatic heterocycles. The van der Waals surface area contributed by atoms with Crippen LogP contribution in [-0.4, -0.2) is 25.5 Å². The molecule has 7 nitrogen and oxygen atoms in total. The first-order valence-corrected chi connectivity index (χ1v) is 9.93. The molecular weight excluding hydrogens is 444 g/mol. The average molecular weight is 460 g/mol. The molecule has 0 saturated heterocycles. The van der Waals surface area contributed by atoms with Crippen molar-refractivity contribution >= 4 is 34.9 Å². The Morgan fingerprint density at radius 1 is 1.00 bits per heavy atom. The molecular formula is C21H16Cl2FN5O2. The van der Waals surface area contributed by atoms with Crippen molar-refractivity contribution in [2.75, 3.05) is 5.32 Å². The Morgan fingerprint density at radius 2 is 1.77 bits per heavy atom. The van der Waals surface area contributed by atoms with E-state index in [2.05, 4.69) is 15.5 Å². The van der Waals surface area contributed by atoms with Gasteiger partial charge in [-0.1, -0.05) is 41.4 Å². The van der Waals surface area contributed by atoms with Crippen molar-refractivity contribution in [3.8, 4) is 5.75 Å². The van der Waals surface area contributed by atoms with Crippen LogP contribution < -0.4 is 10.1 Å². The van der Waals surface area contributed by atoms with E-state index in [1.54, 1.807) is 59.5 Å². The molecule has 4 rings (SSSR count). The van der Waals surface area contributed by atoms with Crippen molar-refractivity contribution in [1.29, 1.82) is 0 Å². The minimum absolute atomic E-state index is 0.0552. The van der Waals surface area contributed by atoms with Crippen LogP contribution >= 0.6 is 23.2 Å². The van der Waals surface area contributed by atoms with Gasteiger partial charge in [-0.2, -0.15) is 10.2 Å². The number of anilines is 1. The molecule has 2 heterocycles. The third-order valence-electron chi connectivity index (χ3n) is 4.28. The highest BCUT2D eigenvalue weighted by Crippen LogP contribution is 2.31. The van der Waals surface area contributed by atoms with Gasteiger partial charge in [-0.3, -0.25) is 9.48 Å². The predicted octanol–water partition coefficient (Wildman–Crippen LogP) is 4.86.